The van der Waals surface area contributed by atoms with Crippen LogP contribution in [0.3, 0.4) is 0 Å². The van der Waals surface area contributed by atoms with E-state index < -0.39 is 0 Å². The van der Waals surface area contributed by atoms with Crippen LogP contribution in [-0.2, 0) is 9.53 Å². The van der Waals surface area contributed by atoms with E-state index in [0.29, 0.717) is 18.0 Å². The van der Waals surface area contributed by atoms with Crippen LogP contribution in [0.4, 0.5) is 17.1 Å². The topological polar surface area (TPSA) is 72.3 Å². The SMILES string of the molecule is COc1ccc(NCCOC(C)=O)c(N=Nc2ccccc2)c1. The van der Waals surface area contributed by atoms with Crippen molar-refractivity contribution in [1.29, 1.82) is 0 Å². The Bertz CT molecular complexity index is 672. The zero-order chi connectivity index (χ0) is 16.5. The molecule has 2 aromatic rings. The number of esters is 1. The van der Waals surface area contributed by atoms with Crippen molar-refractivity contribution in [3.63, 3.8) is 0 Å². The quantitative estimate of drug-likeness (QED) is 0.475. The van der Waals surface area contributed by atoms with Crippen LogP contribution in [0.15, 0.2) is 58.8 Å². The van der Waals surface area contributed by atoms with Gasteiger partial charge in [-0.2, -0.15) is 5.11 Å². The van der Waals surface area contributed by atoms with Crippen LogP contribution in [0.1, 0.15) is 6.92 Å². The molecule has 0 fully saturated rings. The summed E-state index contributed by atoms with van der Waals surface area (Å²) in [5.74, 6) is 0.392. The Hall–Kier alpha value is -2.89. The Balaban J connectivity index is 2.11. The fraction of sp³-hybridized carbons (Fsp3) is 0.235. The number of nitrogens with one attached hydrogen (secondary N) is 1. The summed E-state index contributed by atoms with van der Waals surface area (Å²) in [7, 11) is 1.60. The van der Waals surface area contributed by atoms with Crippen molar-refractivity contribution in [2.24, 2.45) is 10.2 Å². The molecule has 6 nitrogen and oxygen atoms in total. The second kappa shape index (κ2) is 8.53. The zero-order valence-electron chi connectivity index (χ0n) is 13.2. The molecule has 0 spiro atoms. The van der Waals surface area contributed by atoms with E-state index in [1.807, 2.05) is 42.5 Å². The molecule has 0 saturated carbocycles. The summed E-state index contributed by atoms with van der Waals surface area (Å²) < 4.78 is 10.1. The van der Waals surface area contributed by atoms with E-state index in [9.17, 15) is 4.79 Å². The number of nitrogens with zero attached hydrogens (tertiary/aromatic N) is 2. The Morgan fingerprint density at radius 3 is 2.61 bits per heavy atom. The first kappa shape index (κ1) is 16.5. The maximum Gasteiger partial charge on any atom is 0.302 e. The van der Waals surface area contributed by atoms with Crippen LogP contribution < -0.4 is 10.1 Å². The van der Waals surface area contributed by atoms with Crippen molar-refractivity contribution in [2.45, 2.75) is 6.92 Å². The minimum atomic E-state index is -0.300. The Morgan fingerprint density at radius 2 is 1.91 bits per heavy atom. The number of hydrogen-bond donors (Lipinski definition) is 1. The minimum Gasteiger partial charge on any atom is -0.497 e. The molecule has 0 bridgehead atoms. The predicted molar refractivity (Wildman–Crippen MR) is 88.7 cm³/mol. The molecule has 2 rings (SSSR count). The molecule has 0 heterocycles. The Morgan fingerprint density at radius 1 is 1.13 bits per heavy atom. The van der Waals surface area contributed by atoms with Gasteiger partial charge in [0.2, 0.25) is 0 Å². The second-order valence-electron chi connectivity index (χ2n) is 4.69. The fourth-order valence-electron chi connectivity index (χ4n) is 1.86. The van der Waals surface area contributed by atoms with E-state index in [1.165, 1.54) is 6.92 Å². The molecule has 120 valence electrons. The highest BCUT2D eigenvalue weighted by molar-refractivity contribution is 5.68. The lowest BCUT2D eigenvalue weighted by molar-refractivity contribution is -0.140. The number of carbonyl (C=O) groups is 1. The average Bonchev–Trinajstić information content (AvgIpc) is 2.58. The number of azo groups is 1. The van der Waals surface area contributed by atoms with Crippen molar-refractivity contribution in [3.05, 3.63) is 48.5 Å². The molecule has 0 aliphatic heterocycles. The van der Waals surface area contributed by atoms with Crippen LogP contribution in [0.5, 0.6) is 5.75 Å². The fourth-order valence-corrected chi connectivity index (χ4v) is 1.86. The van der Waals surface area contributed by atoms with Gasteiger partial charge in [-0.25, -0.2) is 0 Å². The third kappa shape index (κ3) is 5.43. The maximum atomic E-state index is 10.8. The maximum absolute atomic E-state index is 10.8. The number of anilines is 1. The molecule has 0 unspecified atom stereocenters. The summed E-state index contributed by atoms with van der Waals surface area (Å²) in [4.78, 5) is 10.8. The van der Waals surface area contributed by atoms with Crippen molar-refractivity contribution in [3.8, 4) is 5.75 Å². The zero-order valence-corrected chi connectivity index (χ0v) is 13.2. The smallest absolute Gasteiger partial charge is 0.302 e. The molecule has 0 aliphatic carbocycles. The first-order valence-corrected chi connectivity index (χ1v) is 7.21. The summed E-state index contributed by atoms with van der Waals surface area (Å²) >= 11 is 0. The van der Waals surface area contributed by atoms with Gasteiger partial charge in [-0.3, -0.25) is 4.79 Å². The molecule has 23 heavy (non-hydrogen) atoms. The highest BCUT2D eigenvalue weighted by Gasteiger charge is 2.04. The number of methoxy groups -OCH3 is 1. The molecular weight excluding hydrogens is 294 g/mol. The van der Waals surface area contributed by atoms with E-state index in [1.54, 1.807) is 13.2 Å². The van der Waals surface area contributed by atoms with Gasteiger partial charge in [-0.1, -0.05) is 18.2 Å². The summed E-state index contributed by atoms with van der Waals surface area (Å²) in [5, 5.41) is 11.7. The third-order valence-corrected chi connectivity index (χ3v) is 2.96. The van der Waals surface area contributed by atoms with Crippen LogP contribution in [0.2, 0.25) is 0 Å². The van der Waals surface area contributed by atoms with Crippen molar-refractivity contribution in [1.82, 2.24) is 0 Å². The highest BCUT2D eigenvalue weighted by Crippen LogP contribution is 2.31. The normalized spacial score (nSPS) is 10.5. The lowest BCUT2D eigenvalue weighted by Gasteiger charge is -2.10. The molecule has 1 N–H and O–H groups in total. The number of hydrogen-bond acceptors (Lipinski definition) is 6. The molecule has 0 aromatic heterocycles. The van der Waals surface area contributed by atoms with Gasteiger partial charge in [0.1, 0.15) is 18.0 Å². The van der Waals surface area contributed by atoms with Crippen molar-refractivity contribution < 1.29 is 14.3 Å². The summed E-state index contributed by atoms with van der Waals surface area (Å²) in [5.41, 5.74) is 2.20. The van der Waals surface area contributed by atoms with Gasteiger partial charge in [0.05, 0.1) is 18.5 Å². The number of benzene rings is 2. The van der Waals surface area contributed by atoms with Gasteiger partial charge in [-0.15, -0.1) is 5.11 Å². The van der Waals surface area contributed by atoms with Crippen LogP contribution in [-0.4, -0.2) is 26.2 Å². The molecule has 6 heteroatoms. The van der Waals surface area contributed by atoms with Crippen LogP contribution in [0, 0.1) is 0 Å². The molecular formula is C17H19N3O3. The van der Waals surface area contributed by atoms with Crippen LogP contribution >= 0.6 is 0 Å². The molecule has 0 aliphatic rings. The summed E-state index contributed by atoms with van der Waals surface area (Å²) in [6.45, 7) is 2.16. The lowest BCUT2D eigenvalue weighted by Crippen LogP contribution is -2.11. The summed E-state index contributed by atoms with van der Waals surface area (Å²) in [6.07, 6.45) is 0. The largest absolute Gasteiger partial charge is 0.497 e. The van der Waals surface area contributed by atoms with Crippen molar-refractivity contribution in [2.75, 3.05) is 25.6 Å². The second-order valence-corrected chi connectivity index (χ2v) is 4.69. The van der Waals surface area contributed by atoms with Gasteiger partial charge in [0, 0.05) is 19.5 Å². The van der Waals surface area contributed by atoms with E-state index in [4.69, 9.17) is 9.47 Å². The van der Waals surface area contributed by atoms with Gasteiger partial charge < -0.3 is 14.8 Å². The monoisotopic (exact) mass is 313 g/mol. The lowest BCUT2D eigenvalue weighted by atomic mass is 10.2. The number of ether oxygens (including phenoxy) is 2. The van der Waals surface area contributed by atoms with Gasteiger partial charge in [0.25, 0.3) is 0 Å². The van der Waals surface area contributed by atoms with E-state index in [0.717, 1.165) is 11.4 Å². The van der Waals surface area contributed by atoms with Crippen molar-refractivity contribution >= 4 is 23.0 Å². The highest BCUT2D eigenvalue weighted by atomic mass is 16.5. The van der Waals surface area contributed by atoms with Gasteiger partial charge >= 0.3 is 5.97 Å². The van der Waals surface area contributed by atoms with Crippen LogP contribution in [0.25, 0.3) is 0 Å². The number of rotatable bonds is 7. The standard InChI is InChI=1S/C17H19N3O3/c1-13(21)23-11-10-18-16-9-8-15(22-2)12-17(16)20-19-14-6-4-3-5-7-14/h3-9,12,18H,10-11H2,1-2H3. The molecule has 0 atom stereocenters. The first-order valence-electron chi connectivity index (χ1n) is 7.21. The van der Waals surface area contributed by atoms with Gasteiger partial charge in [0.15, 0.2) is 0 Å². The molecule has 2 aromatic carbocycles. The molecule has 0 radical (unpaired) electrons. The van der Waals surface area contributed by atoms with E-state index in [2.05, 4.69) is 15.5 Å². The van der Waals surface area contributed by atoms with E-state index >= 15 is 0 Å². The molecule has 0 saturated heterocycles. The first-order chi connectivity index (χ1) is 11.2. The summed E-state index contributed by atoms with van der Waals surface area (Å²) in [6, 6.07) is 14.9. The Kier molecular flexibility index (Phi) is 6.11. The van der Waals surface area contributed by atoms with Gasteiger partial charge in [-0.05, 0) is 24.3 Å². The van der Waals surface area contributed by atoms with E-state index in [-0.39, 0.29) is 12.6 Å². The minimum absolute atomic E-state index is 0.288. The average molecular weight is 313 g/mol. The third-order valence-electron chi connectivity index (χ3n) is 2.96. The number of carbonyl (C=O) groups excluding carboxylic acids is 1. The molecule has 0 amide bonds. The predicted octanol–water partition coefficient (Wildman–Crippen LogP) is 4.09. The Labute approximate surface area is 135 Å².